The van der Waals surface area contributed by atoms with Gasteiger partial charge in [0.1, 0.15) is 11.5 Å². The fourth-order valence-electron chi connectivity index (χ4n) is 4.17. The van der Waals surface area contributed by atoms with Crippen LogP contribution in [0.25, 0.3) is 0 Å². The molecular weight excluding hydrogens is 536 g/mol. The van der Waals surface area contributed by atoms with Crippen molar-refractivity contribution in [1.82, 2.24) is 0 Å². The molecule has 0 saturated carbocycles. The molecule has 0 bridgehead atoms. The molecule has 0 fully saturated rings. The Morgan fingerprint density at radius 2 is 0.976 bits per heavy atom. The molecule has 4 aromatic rings. The summed E-state index contributed by atoms with van der Waals surface area (Å²) in [5, 5.41) is 0. The van der Waals surface area contributed by atoms with Gasteiger partial charge >= 0.3 is 11.9 Å². The minimum absolute atomic E-state index is 0.0311. The third kappa shape index (κ3) is 7.26. The topological polar surface area (TPSA) is 86.7 Å². The highest BCUT2D eigenvalue weighted by Gasteiger charge is 2.23. The van der Waals surface area contributed by atoms with Crippen LogP contribution >= 0.6 is 0 Å². The smallest absolute Gasteiger partial charge is 0.343 e. The van der Waals surface area contributed by atoms with Crippen molar-refractivity contribution < 1.29 is 27.5 Å². The Hall–Kier alpha value is -4.75. The van der Waals surface area contributed by atoms with Crippen LogP contribution in [0, 0.1) is 0 Å². The fourth-order valence-corrected chi connectivity index (χ4v) is 5.54. The zero-order valence-corrected chi connectivity index (χ0v) is 23.7. The standard InChI is InChI=1S/C34H30O6S/c1-23(2)19-27-21-29(15-17-31(27)39-33(35)25-11-7-5-8-12-25)41(37,38)30-16-18-32(28(22-30)20-24(3)4)40-34(36)26-13-9-6-10-14-26/h5-18,21-22H,1,3,19-20H2,2,4H3. The van der Waals surface area contributed by atoms with Gasteiger partial charge in [0, 0.05) is 11.1 Å². The SMILES string of the molecule is C=C(C)Cc1cc(S(=O)(=O)c2ccc(OC(=O)c3ccccc3)c(CC(=C)C)c2)ccc1OC(=O)c1ccccc1. The summed E-state index contributed by atoms with van der Waals surface area (Å²) in [6.07, 6.45) is 0.631. The lowest BCUT2D eigenvalue weighted by molar-refractivity contribution is 0.0723. The van der Waals surface area contributed by atoms with E-state index in [-0.39, 0.29) is 21.3 Å². The molecule has 0 aliphatic heterocycles. The third-order valence-electron chi connectivity index (χ3n) is 6.09. The lowest BCUT2D eigenvalue weighted by atomic mass is 10.1. The Morgan fingerprint density at radius 3 is 1.32 bits per heavy atom. The van der Waals surface area contributed by atoms with E-state index < -0.39 is 21.8 Å². The minimum atomic E-state index is -3.99. The molecule has 7 heteroatoms. The summed E-state index contributed by atoms with van der Waals surface area (Å²) in [5.74, 6) is -0.581. The second-order valence-corrected chi connectivity index (χ2v) is 11.8. The van der Waals surface area contributed by atoms with E-state index in [1.54, 1.807) is 60.7 Å². The number of esters is 2. The van der Waals surface area contributed by atoms with Gasteiger partial charge in [-0.05, 0) is 87.4 Å². The third-order valence-corrected chi connectivity index (χ3v) is 7.84. The first-order valence-electron chi connectivity index (χ1n) is 12.9. The lowest BCUT2D eigenvalue weighted by Gasteiger charge is -2.15. The van der Waals surface area contributed by atoms with Gasteiger partial charge in [0.25, 0.3) is 0 Å². The number of sulfone groups is 1. The summed E-state index contributed by atoms with van der Waals surface area (Å²) < 4.78 is 38.8. The van der Waals surface area contributed by atoms with Gasteiger partial charge in [-0.3, -0.25) is 0 Å². The summed E-state index contributed by atoms with van der Waals surface area (Å²) in [7, 11) is -3.99. The normalized spacial score (nSPS) is 11.0. The number of carbonyl (C=O) groups excluding carboxylic acids is 2. The van der Waals surface area contributed by atoms with E-state index in [1.165, 1.54) is 36.4 Å². The molecule has 0 spiro atoms. The zero-order valence-electron chi connectivity index (χ0n) is 22.9. The van der Waals surface area contributed by atoms with E-state index in [0.29, 0.717) is 35.1 Å². The molecule has 0 heterocycles. The highest BCUT2D eigenvalue weighted by molar-refractivity contribution is 7.91. The molecule has 208 valence electrons. The largest absolute Gasteiger partial charge is 0.423 e. The number of ether oxygens (including phenoxy) is 2. The predicted molar refractivity (Wildman–Crippen MR) is 158 cm³/mol. The summed E-state index contributed by atoms with van der Waals surface area (Å²) >= 11 is 0. The van der Waals surface area contributed by atoms with Crippen LogP contribution in [0.3, 0.4) is 0 Å². The molecule has 0 aromatic heterocycles. The molecule has 41 heavy (non-hydrogen) atoms. The van der Waals surface area contributed by atoms with Crippen molar-refractivity contribution in [3.05, 3.63) is 144 Å². The van der Waals surface area contributed by atoms with Crippen LogP contribution in [0.1, 0.15) is 45.7 Å². The summed E-state index contributed by atoms with van der Waals surface area (Å²) in [5.41, 5.74) is 3.32. The van der Waals surface area contributed by atoms with Crippen molar-refractivity contribution in [3.63, 3.8) is 0 Å². The Labute approximate surface area is 240 Å². The first kappa shape index (κ1) is 29.2. The fraction of sp³-hybridized carbons (Fsp3) is 0.118. The van der Waals surface area contributed by atoms with Gasteiger partial charge in [0.05, 0.1) is 20.9 Å². The van der Waals surface area contributed by atoms with Crippen LogP contribution in [0.15, 0.2) is 131 Å². The average Bonchev–Trinajstić information content (AvgIpc) is 2.95. The summed E-state index contributed by atoms with van der Waals surface area (Å²) in [6.45, 7) is 11.5. The predicted octanol–water partition coefficient (Wildman–Crippen LogP) is 7.20. The zero-order chi connectivity index (χ0) is 29.6. The van der Waals surface area contributed by atoms with Gasteiger partial charge in [0.2, 0.25) is 9.84 Å². The maximum Gasteiger partial charge on any atom is 0.343 e. The molecular formula is C34H30O6S. The van der Waals surface area contributed by atoms with Crippen LogP contribution in [0.4, 0.5) is 0 Å². The van der Waals surface area contributed by atoms with Crippen LogP contribution in [-0.2, 0) is 22.7 Å². The second kappa shape index (κ2) is 12.6. The number of allylic oxidation sites excluding steroid dienone is 2. The molecule has 4 rings (SSSR count). The van der Waals surface area contributed by atoms with E-state index in [1.807, 2.05) is 13.8 Å². The molecule has 0 unspecified atom stereocenters. The second-order valence-electron chi connectivity index (χ2n) is 9.82. The number of carbonyl (C=O) groups is 2. The highest BCUT2D eigenvalue weighted by Crippen LogP contribution is 2.32. The van der Waals surface area contributed by atoms with Crippen LogP contribution in [0.2, 0.25) is 0 Å². The van der Waals surface area contributed by atoms with Crippen LogP contribution in [-0.4, -0.2) is 20.4 Å². The minimum Gasteiger partial charge on any atom is -0.423 e. The molecule has 0 radical (unpaired) electrons. The average molecular weight is 567 g/mol. The molecule has 0 aliphatic rings. The van der Waals surface area contributed by atoms with Gasteiger partial charge in [0.15, 0.2) is 0 Å². The van der Waals surface area contributed by atoms with E-state index >= 15 is 0 Å². The van der Waals surface area contributed by atoms with Crippen molar-refractivity contribution in [2.24, 2.45) is 0 Å². The molecule has 0 N–H and O–H groups in total. The van der Waals surface area contributed by atoms with Gasteiger partial charge in [-0.25, -0.2) is 18.0 Å². The van der Waals surface area contributed by atoms with E-state index in [9.17, 15) is 18.0 Å². The molecule has 0 aliphatic carbocycles. The van der Waals surface area contributed by atoms with Crippen molar-refractivity contribution in [2.45, 2.75) is 36.5 Å². The number of rotatable bonds is 10. The van der Waals surface area contributed by atoms with Crippen molar-refractivity contribution >= 4 is 21.8 Å². The van der Waals surface area contributed by atoms with E-state index in [0.717, 1.165) is 11.1 Å². The van der Waals surface area contributed by atoms with Gasteiger partial charge in [-0.1, -0.05) is 60.7 Å². The van der Waals surface area contributed by atoms with Gasteiger partial charge < -0.3 is 9.47 Å². The maximum atomic E-state index is 13.8. The molecule has 4 aromatic carbocycles. The van der Waals surface area contributed by atoms with E-state index in [2.05, 4.69) is 13.2 Å². The molecule has 0 saturated heterocycles. The van der Waals surface area contributed by atoms with Crippen molar-refractivity contribution in [1.29, 1.82) is 0 Å². The first-order valence-corrected chi connectivity index (χ1v) is 14.4. The quantitative estimate of drug-likeness (QED) is 0.115. The molecule has 0 amide bonds. The highest BCUT2D eigenvalue weighted by atomic mass is 32.2. The number of benzene rings is 4. The van der Waals surface area contributed by atoms with Gasteiger partial charge in [-0.2, -0.15) is 0 Å². The maximum absolute atomic E-state index is 13.8. The lowest BCUT2D eigenvalue weighted by Crippen LogP contribution is -2.12. The Bertz CT molecular complexity index is 1600. The number of hydrogen-bond acceptors (Lipinski definition) is 6. The molecule has 0 atom stereocenters. The van der Waals surface area contributed by atoms with Crippen LogP contribution < -0.4 is 9.47 Å². The summed E-state index contributed by atoms with van der Waals surface area (Å²) in [6, 6.07) is 25.9. The first-order chi connectivity index (χ1) is 19.5. The Morgan fingerprint density at radius 1 is 0.610 bits per heavy atom. The Balaban J connectivity index is 1.68. The van der Waals surface area contributed by atoms with E-state index in [4.69, 9.17) is 9.47 Å². The van der Waals surface area contributed by atoms with Crippen LogP contribution in [0.5, 0.6) is 11.5 Å². The number of hydrogen-bond donors (Lipinski definition) is 0. The monoisotopic (exact) mass is 566 g/mol. The summed E-state index contributed by atoms with van der Waals surface area (Å²) in [4.78, 5) is 25.4. The Kier molecular flexibility index (Phi) is 9.00. The van der Waals surface area contributed by atoms with Crippen molar-refractivity contribution in [3.8, 4) is 11.5 Å². The molecule has 6 nitrogen and oxygen atoms in total. The van der Waals surface area contributed by atoms with Crippen molar-refractivity contribution in [2.75, 3.05) is 0 Å². The van der Waals surface area contributed by atoms with Gasteiger partial charge in [-0.15, -0.1) is 0 Å².